The van der Waals surface area contributed by atoms with E-state index in [2.05, 4.69) is 20.8 Å². The van der Waals surface area contributed by atoms with Crippen molar-refractivity contribution < 1.29 is 9.32 Å². The summed E-state index contributed by atoms with van der Waals surface area (Å²) in [4.78, 5) is 15.8. The zero-order chi connectivity index (χ0) is 12.2. The second kappa shape index (κ2) is 5.07. The van der Waals surface area contributed by atoms with Crippen LogP contribution in [0.15, 0.2) is 4.52 Å². The van der Waals surface area contributed by atoms with Crippen LogP contribution in [-0.2, 0) is 11.3 Å². The van der Waals surface area contributed by atoms with E-state index in [-0.39, 0.29) is 12.5 Å². The highest BCUT2D eigenvalue weighted by molar-refractivity contribution is 5.85. The van der Waals surface area contributed by atoms with Crippen LogP contribution < -0.4 is 10.6 Å². The normalized spacial score (nSPS) is 11.5. The first kappa shape index (κ1) is 12.6. The smallest absolute Gasteiger partial charge is 0.246 e. The minimum Gasteiger partial charge on any atom is -0.345 e. The highest BCUT2D eigenvalue weighted by Crippen LogP contribution is 2.02. The van der Waals surface area contributed by atoms with Crippen molar-refractivity contribution in [1.29, 1.82) is 0 Å². The minimum atomic E-state index is -0.593. The van der Waals surface area contributed by atoms with E-state index in [0.717, 1.165) is 6.54 Å². The number of aromatic nitrogens is 2. The molecule has 0 spiro atoms. The third-order valence-electron chi connectivity index (χ3n) is 2.16. The number of hydrogen-bond donors (Lipinski definition) is 2. The summed E-state index contributed by atoms with van der Waals surface area (Å²) >= 11 is 0. The van der Waals surface area contributed by atoms with Gasteiger partial charge in [0, 0.05) is 0 Å². The Morgan fingerprint density at radius 2 is 2.19 bits per heavy atom. The molecule has 90 valence electrons. The molecule has 1 rings (SSSR count). The Hall–Kier alpha value is -1.43. The van der Waals surface area contributed by atoms with E-state index in [0.29, 0.717) is 11.7 Å². The van der Waals surface area contributed by atoms with Gasteiger partial charge < -0.3 is 15.2 Å². The van der Waals surface area contributed by atoms with Gasteiger partial charge in [0.2, 0.25) is 11.8 Å². The summed E-state index contributed by atoms with van der Waals surface area (Å²) in [5.41, 5.74) is -0.593. The molecule has 0 aliphatic rings. The molecule has 6 heteroatoms. The van der Waals surface area contributed by atoms with Gasteiger partial charge in [-0.2, -0.15) is 4.98 Å². The molecule has 16 heavy (non-hydrogen) atoms. The second-order valence-corrected chi connectivity index (χ2v) is 4.07. The zero-order valence-electron chi connectivity index (χ0n) is 10.1. The quantitative estimate of drug-likeness (QED) is 0.758. The van der Waals surface area contributed by atoms with Crippen molar-refractivity contribution in [3.63, 3.8) is 0 Å². The first-order chi connectivity index (χ1) is 7.45. The third-order valence-corrected chi connectivity index (χ3v) is 2.16. The van der Waals surface area contributed by atoms with Crippen LogP contribution in [0.5, 0.6) is 0 Å². The van der Waals surface area contributed by atoms with Gasteiger partial charge in [0.25, 0.3) is 0 Å². The van der Waals surface area contributed by atoms with Crippen molar-refractivity contribution in [2.75, 3.05) is 6.54 Å². The minimum absolute atomic E-state index is 0.0924. The molecular formula is C10H18N4O2. The molecule has 0 atom stereocenters. The molecule has 0 saturated heterocycles. The largest absolute Gasteiger partial charge is 0.345 e. The van der Waals surface area contributed by atoms with Gasteiger partial charge in [0.1, 0.15) is 0 Å². The lowest BCUT2D eigenvalue weighted by atomic mass is 10.0. The third kappa shape index (κ3) is 3.30. The molecule has 0 fully saturated rings. The number of amides is 1. The van der Waals surface area contributed by atoms with Gasteiger partial charge in [-0.1, -0.05) is 12.1 Å². The summed E-state index contributed by atoms with van der Waals surface area (Å²) in [6.07, 6.45) is 0. The van der Waals surface area contributed by atoms with Gasteiger partial charge in [-0.3, -0.25) is 4.79 Å². The predicted octanol–water partition coefficient (Wildman–Crippen LogP) is 0.382. The Morgan fingerprint density at radius 1 is 1.50 bits per heavy atom. The summed E-state index contributed by atoms with van der Waals surface area (Å²) in [6, 6.07) is 0. The summed E-state index contributed by atoms with van der Waals surface area (Å²) in [5.74, 6) is 0.888. The van der Waals surface area contributed by atoms with E-state index in [1.807, 2.05) is 20.8 Å². The Kier molecular flexibility index (Phi) is 4.00. The van der Waals surface area contributed by atoms with E-state index >= 15 is 0 Å². The maximum Gasteiger partial charge on any atom is 0.246 e. The molecule has 0 aromatic carbocycles. The van der Waals surface area contributed by atoms with Gasteiger partial charge in [0.05, 0.1) is 12.1 Å². The van der Waals surface area contributed by atoms with Crippen molar-refractivity contribution in [3.8, 4) is 0 Å². The second-order valence-electron chi connectivity index (χ2n) is 4.07. The summed E-state index contributed by atoms with van der Waals surface area (Å²) in [5, 5.41) is 9.46. The van der Waals surface area contributed by atoms with Gasteiger partial charge in [0.15, 0.2) is 5.82 Å². The standard InChI is InChI=1S/C10H18N4O2/c1-5-12-10(3,4)9(15)11-6-8-13-7(2)14-16-8/h12H,5-6H2,1-4H3,(H,11,15). The molecule has 1 aromatic heterocycles. The van der Waals surface area contributed by atoms with Crippen LogP contribution >= 0.6 is 0 Å². The van der Waals surface area contributed by atoms with Gasteiger partial charge in [-0.15, -0.1) is 0 Å². The van der Waals surface area contributed by atoms with E-state index in [9.17, 15) is 4.79 Å². The highest BCUT2D eigenvalue weighted by atomic mass is 16.5. The average Bonchev–Trinajstić information content (AvgIpc) is 2.60. The van der Waals surface area contributed by atoms with Gasteiger partial charge in [-0.05, 0) is 27.3 Å². The number of nitrogens with zero attached hydrogens (tertiary/aromatic N) is 2. The molecule has 1 aromatic rings. The highest BCUT2D eigenvalue weighted by Gasteiger charge is 2.26. The van der Waals surface area contributed by atoms with Crippen LogP contribution in [0.4, 0.5) is 0 Å². The van der Waals surface area contributed by atoms with Crippen LogP contribution in [0.3, 0.4) is 0 Å². The van der Waals surface area contributed by atoms with Crippen molar-refractivity contribution >= 4 is 5.91 Å². The zero-order valence-corrected chi connectivity index (χ0v) is 10.1. The molecule has 1 heterocycles. The molecule has 0 bridgehead atoms. The molecule has 0 radical (unpaired) electrons. The van der Waals surface area contributed by atoms with Crippen LogP contribution in [0, 0.1) is 6.92 Å². The van der Waals surface area contributed by atoms with Gasteiger partial charge >= 0.3 is 0 Å². The van der Waals surface area contributed by atoms with Crippen molar-refractivity contribution in [2.24, 2.45) is 0 Å². The molecular weight excluding hydrogens is 208 g/mol. The fourth-order valence-electron chi connectivity index (χ4n) is 1.31. The summed E-state index contributed by atoms with van der Waals surface area (Å²) in [7, 11) is 0. The van der Waals surface area contributed by atoms with Crippen LogP contribution in [0.25, 0.3) is 0 Å². The Morgan fingerprint density at radius 3 is 2.69 bits per heavy atom. The molecule has 2 N–H and O–H groups in total. The Balaban J connectivity index is 2.46. The lowest BCUT2D eigenvalue weighted by Gasteiger charge is -2.23. The number of carbonyl (C=O) groups excluding carboxylic acids is 1. The SMILES string of the molecule is CCNC(C)(C)C(=O)NCc1nc(C)no1. The van der Waals surface area contributed by atoms with Gasteiger partial charge in [-0.25, -0.2) is 0 Å². The molecule has 0 unspecified atom stereocenters. The average molecular weight is 226 g/mol. The maximum atomic E-state index is 11.8. The Bertz CT molecular complexity index is 359. The first-order valence-electron chi connectivity index (χ1n) is 5.28. The lowest BCUT2D eigenvalue weighted by Crippen LogP contribution is -2.52. The summed E-state index contributed by atoms with van der Waals surface area (Å²) < 4.78 is 4.89. The van der Waals surface area contributed by atoms with E-state index < -0.39 is 5.54 Å². The molecule has 1 amide bonds. The van der Waals surface area contributed by atoms with Crippen LogP contribution in [0.1, 0.15) is 32.5 Å². The fraction of sp³-hybridized carbons (Fsp3) is 0.700. The lowest BCUT2D eigenvalue weighted by molar-refractivity contribution is -0.126. The summed E-state index contributed by atoms with van der Waals surface area (Å²) in [6.45, 7) is 8.33. The number of aryl methyl sites for hydroxylation is 1. The van der Waals surface area contributed by atoms with Crippen LogP contribution in [-0.4, -0.2) is 28.1 Å². The first-order valence-corrected chi connectivity index (χ1v) is 5.28. The monoisotopic (exact) mass is 226 g/mol. The molecule has 6 nitrogen and oxygen atoms in total. The van der Waals surface area contributed by atoms with E-state index in [1.54, 1.807) is 6.92 Å². The van der Waals surface area contributed by atoms with Crippen molar-refractivity contribution in [2.45, 2.75) is 39.8 Å². The fourth-order valence-corrected chi connectivity index (χ4v) is 1.31. The Labute approximate surface area is 94.8 Å². The number of likely N-dealkylation sites (N-methyl/N-ethyl adjacent to an activating group) is 1. The number of nitrogens with one attached hydrogen (secondary N) is 2. The molecule has 0 saturated carbocycles. The van der Waals surface area contributed by atoms with Crippen molar-refractivity contribution in [3.05, 3.63) is 11.7 Å². The number of carbonyl (C=O) groups is 1. The predicted molar refractivity (Wildman–Crippen MR) is 58.6 cm³/mol. The maximum absolute atomic E-state index is 11.8. The number of hydrogen-bond acceptors (Lipinski definition) is 5. The molecule has 0 aliphatic heterocycles. The van der Waals surface area contributed by atoms with E-state index in [1.165, 1.54) is 0 Å². The topological polar surface area (TPSA) is 80.0 Å². The molecule has 0 aliphatic carbocycles. The van der Waals surface area contributed by atoms with E-state index in [4.69, 9.17) is 4.52 Å². The number of rotatable bonds is 5. The van der Waals surface area contributed by atoms with Crippen molar-refractivity contribution in [1.82, 2.24) is 20.8 Å². The van der Waals surface area contributed by atoms with Crippen LogP contribution in [0.2, 0.25) is 0 Å².